The minimum absolute atomic E-state index is 0.0662. The lowest BCUT2D eigenvalue weighted by Gasteiger charge is -2.18. The van der Waals surface area contributed by atoms with Crippen molar-refractivity contribution in [2.45, 2.75) is 50.6 Å². The van der Waals surface area contributed by atoms with Crippen LogP contribution in [0.4, 0.5) is 5.69 Å². The van der Waals surface area contributed by atoms with Crippen molar-refractivity contribution in [2.24, 2.45) is 0 Å². The second-order valence-corrected chi connectivity index (χ2v) is 9.78. The van der Waals surface area contributed by atoms with Crippen molar-refractivity contribution in [3.63, 3.8) is 0 Å². The van der Waals surface area contributed by atoms with Gasteiger partial charge in [0.05, 0.1) is 16.2 Å². The van der Waals surface area contributed by atoms with Gasteiger partial charge in [-0.3, -0.25) is 14.2 Å². The number of nitrogens with one attached hydrogen (secondary N) is 1. The predicted molar refractivity (Wildman–Crippen MR) is 141 cm³/mol. The van der Waals surface area contributed by atoms with Crippen LogP contribution in [0.2, 0.25) is 0 Å². The number of amides is 1. The van der Waals surface area contributed by atoms with Gasteiger partial charge in [-0.15, -0.1) is 0 Å². The summed E-state index contributed by atoms with van der Waals surface area (Å²) in [5.74, 6) is -0.111. The molecule has 34 heavy (non-hydrogen) atoms. The fourth-order valence-corrected chi connectivity index (χ4v) is 4.90. The lowest BCUT2D eigenvalue weighted by atomic mass is 10.1. The Hall–Kier alpha value is -3.38. The van der Waals surface area contributed by atoms with Crippen LogP contribution in [0.15, 0.2) is 82.7 Å². The molecule has 1 N–H and O–H groups in total. The van der Waals surface area contributed by atoms with Crippen LogP contribution in [-0.4, -0.2) is 20.7 Å². The molecule has 6 heteroatoms. The van der Waals surface area contributed by atoms with E-state index in [1.165, 1.54) is 17.3 Å². The molecule has 0 bridgehead atoms. The van der Waals surface area contributed by atoms with Crippen LogP contribution in [0.25, 0.3) is 10.9 Å². The Morgan fingerprint density at radius 2 is 1.65 bits per heavy atom. The second kappa shape index (κ2) is 10.7. The van der Waals surface area contributed by atoms with Crippen LogP contribution < -0.4 is 10.9 Å². The number of anilines is 1. The average molecular weight is 472 g/mol. The van der Waals surface area contributed by atoms with E-state index in [1.54, 1.807) is 4.57 Å². The number of carbonyl (C=O) groups excluding carboxylic acids is 1. The van der Waals surface area contributed by atoms with Crippen LogP contribution >= 0.6 is 11.8 Å². The van der Waals surface area contributed by atoms with Gasteiger partial charge in [-0.2, -0.15) is 0 Å². The van der Waals surface area contributed by atoms with E-state index in [0.29, 0.717) is 22.6 Å². The molecule has 5 nitrogen and oxygen atoms in total. The van der Waals surface area contributed by atoms with Crippen LogP contribution in [0.3, 0.4) is 0 Å². The monoisotopic (exact) mass is 471 g/mol. The number of hydrogen-bond acceptors (Lipinski definition) is 4. The van der Waals surface area contributed by atoms with E-state index >= 15 is 0 Å². The first kappa shape index (κ1) is 23.8. The Kier molecular flexibility index (Phi) is 7.48. The maximum Gasteiger partial charge on any atom is 0.262 e. The van der Waals surface area contributed by atoms with Gasteiger partial charge in [-0.1, -0.05) is 72.4 Å². The van der Waals surface area contributed by atoms with E-state index in [-0.39, 0.29) is 11.5 Å². The van der Waals surface area contributed by atoms with Crippen molar-refractivity contribution in [3.8, 4) is 0 Å². The van der Waals surface area contributed by atoms with E-state index in [9.17, 15) is 9.59 Å². The van der Waals surface area contributed by atoms with Gasteiger partial charge in [0.2, 0.25) is 5.91 Å². The Balaban J connectivity index is 1.58. The molecule has 174 valence electrons. The van der Waals surface area contributed by atoms with Gasteiger partial charge < -0.3 is 5.32 Å². The highest BCUT2D eigenvalue weighted by atomic mass is 32.2. The molecule has 1 heterocycles. The number of thioether (sulfide) groups is 1. The molecule has 1 amide bonds. The summed E-state index contributed by atoms with van der Waals surface area (Å²) < 4.78 is 1.72. The Morgan fingerprint density at radius 1 is 0.971 bits per heavy atom. The van der Waals surface area contributed by atoms with E-state index in [1.807, 2.05) is 81.4 Å². The first-order valence-corrected chi connectivity index (χ1v) is 12.4. The van der Waals surface area contributed by atoms with Gasteiger partial charge in [0.25, 0.3) is 5.56 Å². The molecular weight excluding hydrogens is 442 g/mol. The van der Waals surface area contributed by atoms with E-state index in [4.69, 9.17) is 4.98 Å². The first-order valence-electron chi connectivity index (χ1n) is 11.5. The summed E-state index contributed by atoms with van der Waals surface area (Å²) in [7, 11) is 0. The molecule has 4 rings (SSSR count). The molecule has 1 atom stereocenters. The molecule has 1 aromatic heterocycles. The standard InChI is InChI=1S/C28H29N3O2S/c1-19-11-9-12-20(2)25(19)30-26(32)21(3)34-28-29-24-17-8-7-16-23(24)27(33)31(28)18-10-15-22-13-5-4-6-14-22/h4-9,11-14,16-17,21H,10,15,18H2,1-3H3,(H,30,32). The third-order valence-electron chi connectivity index (χ3n) is 5.90. The molecule has 0 spiro atoms. The molecular formula is C28H29N3O2S. The predicted octanol–water partition coefficient (Wildman–Crippen LogP) is 5.77. The highest BCUT2D eigenvalue weighted by Crippen LogP contribution is 2.26. The Bertz CT molecular complexity index is 1350. The van der Waals surface area contributed by atoms with Crippen LogP contribution in [-0.2, 0) is 17.8 Å². The molecule has 1 unspecified atom stereocenters. The molecule has 0 saturated carbocycles. The molecule has 0 saturated heterocycles. The van der Waals surface area contributed by atoms with Gasteiger partial charge >= 0.3 is 0 Å². The summed E-state index contributed by atoms with van der Waals surface area (Å²) in [6.07, 6.45) is 1.67. The molecule has 0 fully saturated rings. The van der Waals surface area contributed by atoms with E-state index in [2.05, 4.69) is 17.4 Å². The van der Waals surface area contributed by atoms with Crippen molar-refractivity contribution in [1.82, 2.24) is 9.55 Å². The SMILES string of the molecule is Cc1cccc(C)c1NC(=O)C(C)Sc1nc2ccccc2c(=O)n1CCCc1ccccc1. The van der Waals surface area contributed by atoms with Crippen molar-refractivity contribution in [3.05, 3.63) is 99.8 Å². The van der Waals surface area contributed by atoms with Crippen molar-refractivity contribution in [1.29, 1.82) is 0 Å². The lowest BCUT2D eigenvalue weighted by molar-refractivity contribution is -0.115. The van der Waals surface area contributed by atoms with Crippen molar-refractivity contribution < 1.29 is 4.79 Å². The first-order chi connectivity index (χ1) is 16.4. The zero-order valence-electron chi connectivity index (χ0n) is 19.7. The van der Waals surface area contributed by atoms with Gasteiger partial charge in [0, 0.05) is 12.2 Å². The topological polar surface area (TPSA) is 64.0 Å². The number of aryl methyl sites for hydroxylation is 3. The van der Waals surface area contributed by atoms with Gasteiger partial charge in [-0.25, -0.2) is 4.98 Å². The number of carbonyl (C=O) groups is 1. The number of rotatable bonds is 8. The van der Waals surface area contributed by atoms with E-state index in [0.717, 1.165) is 29.7 Å². The maximum absolute atomic E-state index is 13.3. The van der Waals surface area contributed by atoms with Crippen molar-refractivity contribution in [2.75, 3.05) is 5.32 Å². The lowest BCUT2D eigenvalue weighted by Crippen LogP contribution is -2.27. The Labute approximate surface area is 204 Å². The zero-order chi connectivity index (χ0) is 24.1. The second-order valence-electron chi connectivity index (χ2n) is 8.47. The maximum atomic E-state index is 13.3. The smallest absolute Gasteiger partial charge is 0.262 e. The number of para-hydroxylation sites is 2. The van der Waals surface area contributed by atoms with Gasteiger partial charge in [0.1, 0.15) is 0 Å². The third-order valence-corrected chi connectivity index (χ3v) is 6.99. The zero-order valence-corrected chi connectivity index (χ0v) is 20.6. The molecule has 0 radical (unpaired) electrons. The summed E-state index contributed by atoms with van der Waals surface area (Å²) in [4.78, 5) is 31.1. The normalized spacial score (nSPS) is 12.0. The van der Waals surface area contributed by atoms with Crippen molar-refractivity contribution >= 4 is 34.3 Å². The summed E-state index contributed by atoms with van der Waals surface area (Å²) >= 11 is 1.32. The summed E-state index contributed by atoms with van der Waals surface area (Å²) in [5, 5.41) is 3.80. The van der Waals surface area contributed by atoms with Crippen LogP contribution in [0.1, 0.15) is 30.0 Å². The molecule has 0 aliphatic rings. The number of aromatic nitrogens is 2. The molecule has 3 aromatic carbocycles. The number of fused-ring (bicyclic) bond motifs is 1. The fraction of sp³-hybridized carbons (Fsp3) is 0.250. The highest BCUT2D eigenvalue weighted by Gasteiger charge is 2.20. The van der Waals surface area contributed by atoms with Crippen LogP contribution in [0.5, 0.6) is 0 Å². The third kappa shape index (κ3) is 5.39. The summed E-state index contributed by atoms with van der Waals surface area (Å²) in [5.41, 5.74) is 4.70. The van der Waals surface area contributed by atoms with Gasteiger partial charge in [0.15, 0.2) is 5.16 Å². The molecule has 4 aromatic rings. The fourth-order valence-electron chi connectivity index (χ4n) is 3.97. The van der Waals surface area contributed by atoms with Crippen LogP contribution in [0, 0.1) is 13.8 Å². The minimum atomic E-state index is -0.424. The Morgan fingerprint density at radius 3 is 2.38 bits per heavy atom. The number of benzene rings is 3. The summed E-state index contributed by atoms with van der Waals surface area (Å²) in [6, 6.07) is 23.6. The van der Waals surface area contributed by atoms with Gasteiger partial charge in [-0.05, 0) is 62.4 Å². The quantitative estimate of drug-likeness (QED) is 0.262. The molecule has 0 aliphatic heterocycles. The minimum Gasteiger partial charge on any atom is -0.325 e. The molecule has 0 aliphatic carbocycles. The average Bonchev–Trinajstić information content (AvgIpc) is 2.84. The highest BCUT2D eigenvalue weighted by molar-refractivity contribution is 8.00. The largest absolute Gasteiger partial charge is 0.325 e. The number of nitrogens with zero attached hydrogens (tertiary/aromatic N) is 2. The van der Waals surface area contributed by atoms with E-state index < -0.39 is 5.25 Å². The number of hydrogen-bond donors (Lipinski definition) is 1. The summed E-state index contributed by atoms with van der Waals surface area (Å²) in [6.45, 7) is 6.35.